The number of hydrogen-bond acceptors (Lipinski definition) is 3. The Bertz CT molecular complexity index is 565. The highest BCUT2D eigenvalue weighted by Gasteiger charge is 2.27. The van der Waals surface area contributed by atoms with Gasteiger partial charge in [0.1, 0.15) is 0 Å². The highest BCUT2D eigenvalue weighted by molar-refractivity contribution is 7.18. The molecule has 1 N–H and O–H groups in total. The van der Waals surface area contributed by atoms with E-state index >= 15 is 0 Å². The summed E-state index contributed by atoms with van der Waals surface area (Å²) in [6, 6.07) is 6.93. The van der Waals surface area contributed by atoms with Crippen molar-refractivity contribution in [2.24, 2.45) is 0 Å². The first-order valence-corrected chi connectivity index (χ1v) is 7.83. The summed E-state index contributed by atoms with van der Waals surface area (Å²) < 4.78 is 1.40. The molecule has 2 aliphatic rings. The average molecular weight is 258 g/mol. The second-order valence-electron chi connectivity index (χ2n) is 5.58. The summed E-state index contributed by atoms with van der Waals surface area (Å²) in [6.07, 6.45) is 5.25. The Morgan fingerprint density at radius 3 is 2.67 bits per heavy atom. The molecule has 1 saturated heterocycles. The van der Waals surface area contributed by atoms with Gasteiger partial charge in [-0.3, -0.25) is 0 Å². The van der Waals surface area contributed by atoms with E-state index in [1.54, 1.807) is 0 Å². The van der Waals surface area contributed by atoms with Crippen LogP contribution >= 0.6 is 11.3 Å². The Morgan fingerprint density at radius 2 is 1.89 bits per heavy atom. The summed E-state index contributed by atoms with van der Waals surface area (Å²) >= 11 is 1.92. The SMILES string of the molecule is c1cc2nc(C3CC3)sc2cc1C1CCNCC1. The van der Waals surface area contributed by atoms with E-state index in [0.29, 0.717) is 0 Å². The lowest BCUT2D eigenvalue weighted by molar-refractivity contribution is 0.461. The lowest BCUT2D eigenvalue weighted by Crippen LogP contribution is -2.26. The third kappa shape index (κ3) is 1.95. The normalized spacial score (nSPS) is 21.6. The molecule has 0 amide bonds. The van der Waals surface area contributed by atoms with Gasteiger partial charge in [-0.1, -0.05) is 6.07 Å². The molecule has 1 saturated carbocycles. The number of rotatable bonds is 2. The van der Waals surface area contributed by atoms with E-state index in [-0.39, 0.29) is 0 Å². The Balaban J connectivity index is 1.69. The minimum Gasteiger partial charge on any atom is -0.317 e. The van der Waals surface area contributed by atoms with Crippen LogP contribution in [0.15, 0.2) is 18.2 Å². The average Bonchev–Trinajstić information content (AvgIpc) is 3.19. The predicted octanol–water partition coefficient (Wildman–Crippen LogP) is 3.64. The van der Waals surface area contributed by atoms with Gasteiger partial charge in [-0.05, 0) is 62.4 Å². The van der Waals surface area contributed by atoms with Crippen LogP contribution in [-0.2, 0) is 0 Å². The van der Waals surface area contributed by atoms with Crippen molar-refractivity contribution in [3.05, 3.63) is 28.8 Å². The molecular formula is C15H18N2S. The molecule has 2 fully saturated rings. The summed E-state index contributed by atoms with van der Waals surface area (Å²) in [5.74, 6) is 1.53. The summed E-state index contributed by atoms with van der Waals surface area (Å²) in [7, 11) is 0. The molecule has 0 atom stereocenters. The van der Waals surface area contributed by atoms with Crippen LogP contribution in [0.3, 0.4) is 0 Å². The van der Waals surface area contributed by atoms with Gasteiger partial charge >= 0.3 is 0 Å². The predicted molar refractivity (Wildman–Crippen MR) is 76.4 cm³/mol. The van der Waals surface area contributed by atoms with Crippen molar-refractivity contribution in [1.82, 2.24) is 10.3 Å². The van der Waals surface area contributed by atoms with E-state index in [1.165, 1.54) is 59.6 Å². The molecule has 1 aromatic carbocycles. The Labute approximate surface area is 111 Å². The number of aromatic nitrogens is 1. The van der Waals surface area contributed by atoms with Crippen LogP contribution in [0.2, 0.25) is 0 Å². The molecule has 0 unspecified atom stereocenters. The minimum absolute atomic E-state index is 0.752. The third-order valence-corrected chi connectivity index (χ3v) is 5.35. The molecule has 1 aromatic heterocycles. The molecule has 0 spiro atoms. The molecule has 4 rings (SSSR count). The van der Waals surface area contributed by atoms with E-state index in [0.717, 1.165) is 11.8 Å². The first-order chi connectivity index (χ1) is 8.90. The molecule has 2 nitrogen and oxygen atoms in total. The van der Waals surface area contributed by atoms with Crippen LogP contribution in [-0.4, -0.2) is 18.1 Å². The maximum atomic E-state index is 4.77. The van der Waals surface area contributed by atoms with Gasteiger partial charge in [0.15, 0.2) is 0 Å². The number of thiazole rings is 1. The standard InChI is InChI=1S/C15H18N2S/c1-2-11(1)15-17-13-4-3-12(9-14(13)18-15)10-5-7-16-8-6-10/h3-4,9-11,16H,1-2,5-8H2. The maximum absolute atomic E-state index is 4.77. The van der Waals surface area contributed by atoms with Gasteiger partial charge in [-0.15, -0.1) is 11.3 Å². The van der Waals surface area contributed by atoms with Gasteiger partial charge < -0.3 is 5.32 Å². The molecule has 0 radical (unpaired) electrons. The van der Waals surface area contributed by atoms with Gasteiger partial charge in [0.2, 0.25) is 0 Å². The van der Waals surface area contributed by atoms with Crippen molar-refractivity contribution in [3.8, 4) is 0 Å². The van der Waals surface area contributed by atoms with E-state index < -0.39 is 0 Å². The Kier molecular flexibility index (Phi) is 2.63. The second kappa shape index (κ2) is 4.32. The number of nitrogens with zero attached hydrogens (tertiary/aromatic N) is 1. The number of piperidine rings is 1. The summed E-state index contributed by atoms with van der Waals surface area (Å²) in [5.41, 5.74) is 2.73. The lowest BCUT2D eigenvalue weighted by atomic mass is 9.90. The monoisotopic (exact) mass is 258 g/mol. The summed E-state index contributed by atoms with van der Waals surface area (Å²) in [4.78, 5) is 4.77. The smallest absolute Gasteiger partial charge is 0.0969 e. The van der Waals surface area contributed by atoms with Gasteiger partial charge in [0.25, 0.3) is 0 Å². The van der Waals surface area contributed by atoms with Crippen molar-refractivity contribution in [2.75, 3.05) is 13.1 Å². The minimum atomic E-state index is 0.752. The fourth-order valence-corrected chi connectivity index (χ4v) is 4.06. The van der Waals surface area contributed by atoms with Gasteiger partial charge in [0.05, 0.1) is 15.2 Å². The molecule has 1 aliphatic heterocycles. The highest BCUT2D eigenvalue weighted by Crippen LogP contribution is 2.43. The second-order valence-corrected chi connectivity index (χ2v) is 6.64. The Morgan fingerprint density at radius 1 is 1.06 bits per heavy atom. The zero-order valence-corrected chi connectivity index (χ0v) is 11.3. The van der Waals surface area contributed by atoms with Crippen LogP contribution in [0, 0.1) is 0 Å². The van der Waals surface area contributed by atoms with Crippen molar-refractivity contribution >= 4 is 21.6 Å². The van der Waals surface area contributed by atoms with Crippen LogP contribution in [0.4, 0.5) is 0 Å². The van der Waals surface area contributed by atoms with Gasteiger partial charge in [-0.25, -0.2) is 4.98 Å². The maximum Gasteiger partial charge on any atom is 0.0969 e. The zero-order valence-electron chi connectivity index (χ0n) is 10.5. The molecule has 0 bridgehead atoms. The quantitative estimate of drug-likeness (QED) is 0.889. The van der Waals surface area contributed by atoms with E-state index in [1.807, 2.05) is 11.3 Å². The van der Waals surface area contributed by atoms with Crippen LogP contribution in [0.1, 0.15) is 48.1 Å². The number of benzene rings is 1. The zero-order chi connectivity index (χ0) is 11.9. The third-order valence-electron chi connectivity index (χ3n) is 4.17. The van der Waals surface area contributed by atoms with Gasteiger partial charge in [0, 0.05) is 5.92 Å². The van der Waals surface area contributed by atoms with E-state index in [9.17, 15) is 0 Å². The fourth-order valence-electron chi connectivity index (χ4n) is 2.87. The van der Waals surface area contributed by atoms with E-state index in [2.05, 4.69) is 23.5 Å². The fraction of sp³-hybridized carbons (Fsp3) is 0.533. The van der Waals surface area contributed by atoms with Crippen molar-refractivity contribution < 1.29 is 0 Å². The molecule has 1 aliphatic carbocycles. The Hall–Kier alpha value is -0.930. The van der Waals surface area contributed by atoms with Crippen molar-refractivity contribution in [2.45, 2.75) is 37.5 Å². The van der Waals surface area contributed by atoms with Crippen LogP contribution in [0.5, 0.6) is 0 Å². The number of hydrogen-bond donors (Lipinski definition) is 1. The topological polar surface area (TPSA) is 24.9 Å². The first-order valence-electron chi connectivity index (χ1n) is 7.01. The number of fused-ring (bicyclic) bond motifs is 1. The van der Waals surface area contributed by atoms with Crippen molar-refractivity contribution in [3.63, 3.8) is 0 Å². The largest absolute Gasteiger partial charge is 0.317 e. The van der Waals surface area contributed by atoms with Crippen molar-refractivity contribution in [1.29, 1.82) is 0 Å². The highest BCUT2D eigenvalue weighted by atomic mass is 32.1. The van der Waals surface area contributed by atoms with Crippen LogP contribution in [0.25, 0.3) is 10.2 Å². The molecule has 94 valence electrons. The van der Waals surface area contributed by atoms with Crippen LogP contribution < -0.4 is 5.32 Å². The molecule has 2 heterocycles. The summed E-state index contributed by atoms with van der Waals surface area (Å²) in [5, 5.41) is 4.81. The van der Waals surface area contributed by atoms with E-state index in [4.69, 9.17) is 4.98 Å². The number of nitrogens with one attached hydrogen (secondary N) is 1. The molecule has 3 heteroatoms. The van der Waals surface area contributed by atoms with Gasteiger partial charge in [-0.2, -0.15) is 0 Å². The molecule has 2 aromatic rings. The first kappa shape index (κ1) is 10.9. The molecular weight excluding hydrogens is 240 g/mol. The molecule has 18 heavy (non-hydrogen) atoms. The lowest BCUT2D eigenvalue weighted by Gasteiger charge is -2.22. The summed E-state index contributed by atoms with van der Waals surface area (Å²) in [6.45, 7) is 2.33.